The summed E-state index contributed by atoms with van der Waals surface area (Å²) in [5.74, 6) is -5.10. The molecule has 4 nitrogen and oxygen atoms in total. The van der Waals surface area contributed by atoms with Crippen LogP contribution < -0.4 is 0 Å². The van der Waals surface area contributed by atoms with E-state index in [0.717, 1.165) is 18.2 Å². The average Bonchev–Trinajstić information content (AvgIpc) is 2.87. The van der Waals surface area contributed by atoms with Gasteiger partial charge in [-0.1, -0.05) is 6.07 Å². The Morgan fingerprint density at radius 3 is 2.71 bits per heavy atom. The molecule has 0 atom stereocenters. The highest BCUT2D eigenvalue weighted by molar-refractivity contribution is 5.88. The Hall–Kier alpha value is -2.38. The van der Waals surface area contributed by atoms with Crippen LogP contribution in [-0.2, 0) is 4.74 Å². The Morgan fingerprint density at radius 1 is 1.38 bits per heavy atom. The molecule has 8 heteroatoms. The second kappa shape index (κ2) is 5.94. The number of benzene rings is 1. The van der Waals surface area contributed by atoms with E-state index in [4.69, 9.17) is 4.42 Å². The molecule has 1 aromatic carbocycles. The molecule has 0 fully saturated rings. The lowest BCUT2D eigenvalue weighted by Gasteiger charge is -1.99. The molecular weight excluding hydrogens is 294 g/mol. The van der Waals surface area contributed by atoms with Gasteiger partial charge in [-0.3, -0.25) is 0 Å². The van der Waals surface area contributed by atoms with Crippen molar-refractivity contribution in [1.29, 1.82) is 0 Å². The highest BCUT2D eigenvalue weighted by Crippen LogP contribution is 2.30. The van der Waals surface area contributed by atoms with Gasteiger partial charge in [0.2, 0.25) is 11.7 Å². The van der Waals surface area contributed by atoms with E-state index in [1.807, 2.05) is 0 Å². The van der Waals surface area contributed by atoms with E-state index in [2.05, 4.69) is 9.72 Å². The summed E-state index contributed by atoms with van der Waals surface area (Å²) < 4.78 is 61.8. The maximum Gasteiger partial charge on any atom is 0.376 e. The minimum Gasteiger partial charge on any atom is -0.460 e. The summed E-state index contributed by atoms with van der Waals surface area (Å²) in [5, 5.41) is 0. The Kier molecular flexibility index (Phi) is 4.25. The van der Waals surface area contributed by atoms with Gasteiger partial charge in [0.1, 0.15) is 0 Å². The van der Waals surface area contributed by atoms with Crippen LogP contribution in [-0.4, -0.2) is 17.6 Å². The Balaban J connectivity index is 2.54. The van der Waals surface area contributed by atoms with Gasteiger partial charge in [0.15, 0.2) is 17.3 Å². The van der Waals surface area contributed by atoms with Crippen molar-refractivity contribution in [2.45, 2.75) is 13.3 Å². The van der Waals surface area contributed by atoms with Gasteiger partial charge >= 0.3 is 5.97 Å². The molecule has 0 N–H and O–H groups in total. The van der Waals surface area contributed by atoms with Gasteiger partial charge in [-0.15, -0.1) is 0 Å². The van der Waals surface area contributed by atoms with Crippen LogP contribution in [0.2, 0.25) is 0 Å². The van der Waals surface area contributed by atoms with E-state index in [-0.39, 0.29) is 6.61 Å². The number of nitrogens with zero attached hydrogens (tertiary/aromatic N) is 1. The molecule has 1 aromatic heterocycles. The largest absolute Gasteiger partial charge is 0.460 e. The number of carbonyl (C=O) groups excluding carboxylic acids is 1. The number of halogens is 4. The van der Waals surface area contributed by atoms with E-state index >= 15 is 0 Å². The van der Waals surface area contributed by atoms with Crippen molar-refractivity contribution < 1.29 is 31.5 Å². The van der Waals surface area contributed by atoms with Crippen molar-refractivity contribution in [3.05, 3.63) is 41.3 Å². The number of alkyl halides is 2. The summed E-state index contributed by atoms with van der Waals surface area (Å²) in [6.07, 6.45) is -3.13. The molecule has 0 bridgehead atoms. The van der Waals surface area contributed by atoms with Crippen molar-refractivity contribution >= 4 is 5.97 Å². The second-order valence-corrected chi connectivity index (χ2v) is 3.86. The second-order valence-electron chi connectivity index (χ2n) is 3.86. The molecule has 21 heavy (non-hydrogen) atoms. The fraction of sp³-hybridized carbons (Fsp3) is 0.231. The first-order valence-corrected chi connectivity index (χ1v) is 5.86. The number of esters is 1. The summed E-state index contributed by atoms with van der Waals surface area (Å²) in [4.78, 5) is 14.9. The lowest BCUT2D eigenvalue weighted by molar-refractivity contribution is 0.0476. The zero-order chi connectivity index (χ0) is 15.6. The number of hydrogen-bond donors (Lipinski definition) is 0. The molecule has 0 aliphatic heterocycles. The third-order valence-electron chi connectivity index (χ3n) is 2.50. The topological polar surface area (TPSA) is 52.3 Å². The number of oxazole rings is 1. The van der Waals surface area contributed by atoms with Crippen molar-refractivity contribution in [1.82, 2.24) is 4.98 Å². The van der Waals surface area contributed by atoms with E-state index in [0.29, 0.717) is 0 Å². The van der Waals surface area contributed by atoms with Crippen LogP contribution >= 0.6 is 0 Å². The molecule has 1 heterocycles. The van der Waals surface area contributed by atoms with Crippen molar-refractivity contribution in [2.24, 2.45) is 0 Å². The lowest BCUT2D eigenvalue weighted by atomic mass is 10.2. The van der Waals surface area contributed by atoms with Crippen LogP contribution in [0.1, 0.15) is 29.6 Å². The van der Waals surface area contributed by atoms with Crippen molar-refractivity contribution in [3.8, 4) is 11.5 Å². The van der Waals surface area contributed by atoms with Gasteiger partial charge in [0, 0.05) is 0 Å². The molecule has 2 aromatic rings. The van der Waals surface area contributed by atoms with E-state index in [1.165, 1.54) is 6.92 Å². The molecular formula is C13H9F4NO3. The van der Waals surface area contributed by atoms with Gasteiger partial charge < -0.3 is 9.15 Å². The standard InChI is InChI=1S/C13H9F4NO3/c1-2-20-13(19)10-9(11(16)17)18-12(21-10)6-4-3-5-7(14)8(6)15/h3-5,11H,2H2,1H3. The molecule has 112 valence electrons. The SMILES string of the molecule is CCOC(=O)c1oc(-c2cccc(F)c2F)nc1C(F)F. The predicted octanol–water partition coefficient (Wildman–Crippen LogP) is 3.73. The van der Waals surface area contributed by atoms with Gasteiger partial charge in [-0.2, -0.15) is 0 Å². The van der Waals surface area contributed by atoms with E-state index in [9.17, 15) is 22.4 Å². The first-order valence-electron chi connectivity index (χ1n) is 5.86. The van der Waals surface area contributed by atoms with Crippen LogP contribution in [0.4, 0.5) is 17.6 Å². The van der Waals surface area contributed by atoms with Crippen LogP contribution in [0.3, 0.4) is 0 Å². The molecule has 0 unspecified atom stereocenters. The highest BCUT2D eigenvalue weighted by atomic mass is 19.3. The summed E-state index contributed by atoms with van der Waals surface area (Å²) in [7, 11) is 0. The quantitative estimate of drug-likeness (QED) is 0.638. The van der Waals surface area contributed by atoms with Crippen molar-refractivity contribution in [3.63, 3.8) is 0 Å². The fourth-order valence-corrected chi connectivity index (χ4v) is 1.61. The van der Waals surface area contributed by atoms with Gasteiger partial charge in [-0.05, 0) is 19.1 Å². The maximum absolute atomic E-state index is 13.6. The first-order chi connectivity index (χ1) is 9.95. The minimum absolute atomic E-state index is 0.0636. The molecule has 0 aliphatic carbocycles. The highest BCUT2D eigenvalue weighted by Gasteiger charge is 2.29. The minimum atomic E-state index is -3.13. The van der Waals surface area contributed by atoms with Crippen LogP contribution in [0.15, 0.2) is 22.6 Å². The van der Waals surface area contributed by atoms with Crippen LogP contribution in [0.5, 0.6) is 0 Å². The smallest absolute Gasteiger partial charge is 0.376 e. The molecule has 2 rings (SSSR count). The van der Waals surface area contributed by atoms with Gasteiger partial charge in [0.25, 0.3) is 6.43 Å². The third-order valence-corrected chi connectivity index (χ3v) is 2.50. The Bertz CT molecular complexity index is 669. The van der Waals surface area contributed by atoms with Gasteiger partial charge in [0.05, 0.1) is 12.2 Å². The molecule has 0 amide bonds. The zero-order valence-electron chi connectivity index (χ0n) is 10.7. The molecule has 0 spiro atoms. The molecule has 0 saturated heterocycles. The predicted molar refractivity (Wildman–Crippen MR) is 62.8 cm³/mol. The number of rotatable bonds is 4. The monoisotopic (exact) mass is 303 g/mol. The van der Waals surface area contributed by atoms with Crippen LogP contribution in [0.25, 0.3) is 11.5 Å². The van der Waals surface area contributed by atoms with Gasteiger partial charge in [-0.25, -0.2) is 27.3 Å². The third kappa shape index (κ3) is 2.88. The summed E-state index contributed by atoms with van der Waals surface area (Å²) in [6, 6.07) is 3.10. The first kappa shape index (κ1) is 15.0. The number of carbonyl (C=O) groups is 1. The molecule has 0 aliphatic rings. The Morgan fingerprint density at radius 2 is 2.10 bits per heavy atom. The molecule has 0 saturated carbocycles. The average molecular weight is 303 g/mol. The summed E-state index contributed by atoms with van der Waals surface area (Å²) in [6.45, 7) is 1.41. The summed E-state index contributed by atoms with van der Waals surface area (Å²) in [5.41, 5.74) is -1.44. The lowest BCUT2D eigenvalue weighted by Crippen LogP contribution is -2.06. The fourth-order valence-electron chi connectivity index (χ4n) is 1.61. The number of aromatic nitrogens is 1. The Labute approximate surface area is 116 Å². The van der Waals surface area contributed by atoms with Crippen molar-refractivity contribution in [2.75, 3.05) is 6.61 Å². The van der Waals surface area contributed by atoms with Crippen LogP contribution in [0, 0.1) is 11.6 Å². The summed E-state index contributed by atoms with van der Waals surface area (Å²) >= 11 is 0. The zero-order valence-corrected chi connectivity index (χ0v) is 10.7. The molecule has 0 radical (unpaired) electrons. The normalized spacial score (nSPS) is 11.0. The number of hydrogen-bond acceptors (Lipinski definition) is 4. The van der Waals surface area contributed by atoms with E-state index in [1.54, 1.807) is 0 Å². The number of ether oxygens (including phenoxy) is 1. The van der Waals surface area contributed by atoms with E-state index < -0.39 is 46.9 Å². The maximum atomic E-state index is 13.6.